The van der Waals surface area contributed by atoms with E-state index in [1.165, 1.54) is 0 Å². The van der Waals surface area contributed by atoms with E-state index in [1.54, 1.807) is 18.2 Å². The lowest BCUT2D eigenvalue weighted by Crippen LogP contribution is -2.49. The van der Waals surface area contributed by atoms with Gasteiger partial charge in [-0.2, -0.15) is 23.5 Å². The number of halogens is 3. The monoisotopic (exact) mass is 406 g/mol. The number of nitriles is 1. The van der Waals surface area contributed by atoms with Gasteiger partial charge < -0.3 is 15.3 Å². The molecule has 1 fully saturated rings. The number of fused-ring (bicyclic) bond motifs is 1. The number of pyridine rings is 1. The molecular formula is C18H17F3N6O2. The van der Waals surface area contributed by atoms with Crippen molar-refractivity contribution in [2.75, 3.05) is 23.3 Å². The van der Waals surface area contributed by atoms with Gasteiger partial charge in [-0.25, -0.2) is 4.98 Å². The molecule has 3 N–H and O–H groups in total. The van der Waals surface area contributed by atoms with Crippen molar-refractivity contribution in [2.24, 2.45) is 0 Å². The Balaban J connectivity index is 1.59. The fraction of sp³-hybridized carbons (Fsp3) is 0.444. The minimum atomic E-state index is -5.01. The minimum absolute atomic E-state index is 0.193. The predicted octanol–water partition coefficient (Wildman–Crippen LogP) is 2.15. The highest BCUT2D eigenvalue weighted by Crippen LogP contribution is 2.49. The summed E-state index contributed by atoms with van der Waals surface area (Å²) in [5, 5.41) is 28.1. The molecule has 2 aromatic rings. The van der Waals surface area contributed by atoms with Crippen LogP contribution in [-0.4, -0.2) is 45.5 Å². The highest BCUT2D eigenvalue weighted by atomic mass is 19.4. The van der Waals surface area contributed by atoms with Gasteiger partial charge in [0.05, 0.1) is 12.0 Å². The highest BCUT2D eigenvalue weighted by Gasteiger charge is 2.61. The molecule has 1 amide bonds. The molecule has 0 aromatic carbocycles. The van der Waals surface area contributed by atoms with Crippen LogP contribution in [0, 0.1) is 11.3 Å². The first-order valence-corrected chi connectivity index (χ1v) is 9.03. The Hall–Kier alpha value is -3.13. The summed E-state index contributed by atoms with van der Waals surface area (Å²) < 4.78 is 40.9. The number of aliphatic hydroxyl groups is 1. The Morgan fingerprint density at radius 1 is 1.31 bits per heavy atom. The number of H-pyrrole nitrogens is 1. The van der Waals surface area contributed by atoms with E-state index in [0.29, 0.717) is 37.4 Å². The van der Waals surface area contributed by atoms with E-state index in [4.69, 9.17) is 5.26 Å². The van der Waals surface area contributed by atoms with E-state index in [2.05, 4.69) is 20.5 Å². The average molecular weight is 406 g/mol. The summed E-state index contributed by atoms with van der Waals surface area (Å²) in [5.41, 5.74) is -3.18. The highest BCUT2D eigenvalue weighted by molar-refractivity contribution is 5.94. The van der Waals surface area contributed by atoms with E-state index >= 15 is 0 Å². The molecule has 2 aliphatic rings. The maximum absolute atomic E-state index is 13.6. The molecule has 1 saturated heterocycles. The summed E-state index contributed by atoms with van der Waals surface area (Å²) in [7, 11) is 0. The number of carbonyl (C=O) groups excluding carboxylic acids is 1. The van der Waals surface area contributed by atoms with Crippen molar-refractivity contribution in [3.8, 4) is 6.07 Å². The van der Waals surface area contributed by atoms with Gasteiger partial charge in [0.25, 0.3) is 0 Å². The number of alkyl halides is 3. The summed E-state index contributed by atoms with van der Waals surface area (Å²) in [6, 6.07) is 7.08. The second-order valence-corrected chi connectivity index (χ2v) is 7.20. The molecule has 1 atom stereocenters. The molecule has 29 heavy (non-hydrogen) atoms. The van der Waals surface area contributed by atoms with E-state index in [9.17, 15) is 23.1 Å². The average Bonchev–Trinajstić information content (AvgIpc) is 3.11. The fourth-order valence-electron chi connectivity index (χ4n) is 3.96. The van der Waals surface area contributed by atoms with Crippen molar-refractivity contribution in [3.05, 3.63) is 35.2 Å². The van der Waals surface area contributed by atoms with E-state index in [-0.39, 0.29) is 17.4 Å². The van der Waals surface area contributed by atoms with Crippen molar-refractivity contribution in [2.45, 2.75) is 37.0 Å². The number of nitrogens with zero attached hydrogens (tertiary/aromatic N) is 4. The third kappa shape index (κ3) is 3.19. The van der Waals surface area contributed by atoms with Crippen molar-refractivity contribution < 1.29 is 23.1 Å². The Labute approximate surface area is 163 Å². The molecule has 4 heterocycles. The van der Waals surface area contributed by atoms with Gasteiger partial charge in [0.2, 0.25) is 5.91 Å². The third-order valence-corrected chi connectivity index (χ3v) is 5.43. The van der Waals surface area contributed by atoms with Crippen LogP contribution in [0.25, 0.3) is 0 Å². The quantitative estimate of drug-likeness (QED) is 0.703. The van der Waals surface area contributed by atoms with Crippen LogP contribution in [0.3, 0.4) is 0 Å². The number of aromatic nitrogens is 3. The fourth-order valence-corrected chi connectivity index (χ4v) is 3.96. The van der Waals surface area contributed by atoms with Gasteiger partial charge in [0.15, 0.2) is 11.4 Å². The van der Waals surface area contributed by atoms with Gasteiger partial charge in [0.1, 0.15) is 17.6 Å². The van der Waals surface area contributed by atoms with Crippen LogP contribution in [-0.2, 0) is 10.4 Å². The SMILES string of the molecule is N#Cc1cccc(N2CCC(c3[nH]nc4c3C(O)(C(F)(F)F)CC(=O)N4)CC2)n1. The van der Waals surface area contributed by atoms with Crippen LogP contribution in [0.1, 0.15) is 42.1 Å². The summed E-state index contributed by atoms with van der Waals surface area (Å²) in [6.45, 7) is 1.02. The van der Waals surface area contributed by atoms with Gasteiger partial charge in [-0.15, -0.1) is 0 Å². The molecule has 1 unspecified atom stereocenters. The number of nitrogens with one attached hydrogen (secondary N) is 2. The van der Waals surface area contributed by atoms with Crippen LogP contribution in [0.4, 0.5) is 24.8 Å². The molecule has 0 aliphatic carbocycles. The Morgan fingerprint density at radius 3 is 2.69 bits per heavy atom. The van der Waals surface area contributed by atoms with E-state index < -0.39 is 29.7 Å². The maximum Gasteiger partial charge on any atom is 0.422 e. The normalized spacial score (nSPS) is 22.7. The Morgan fingerprint density at radius 2 is 2.03 bits per heavy atom. The van der Waals surface area contributed by atoms with Crippen molar-refractivity contribution in [3.63, 3.8) is 0 Å². The topological polar surface area (TPSA) is 118 Å². The Kier molecular flexibility index (Phi) is 4.46. The second kappa shape index (κ2) is 6.73. The van der Waals surface area contributed by atoms with Crippen molar-refractivity contribution >= 4 is 17.5 Å². The first kappa shape index (κ1) is 19.2. The van der Waals surface area contributed by atoms with Crippen molar-refractivity contribution in [1.82, 2.24) is 15.2 Å². The molecule has 4 rings (SSSR count). The van der Waals surface area contributed by atoms with Crippen LogP contribution in [0.5, 0.6) is 0 Å². The number of amides is 1. The molecular weight excluding hydrogens is 389 g/mol. The first-order valence-electron chi connectivity index (χ1n) is 9.03. The van der Waals surface area contributed by atoms with Crippen LogP contribution in [0.2, 0.25) is 0 Å². The zero-order valence-corrected chi connectivity index (χ0v) is 15.1. The molecule has 2 aromatic heterocycles. The van der Waals surface area contributed by atoms with Gasteiger partial charge in [0, 0.05) is 24.7 Å². The molecule has 0 saturated carbocycles. The number of piperidine rings is 1. The van der Waals surface area contributed by atoms with Crippen LogP contribution in [0.15, 0.2) is 18.2 Å². The number of hydrogen-bond acceptors (Lipinski definition) is 6. The van der Waals surface area contributed by atoms with Gasteiger partial charge in [-0.05, 0) is 25.0 Å². The van der Waals surface area contributed by atoms with Gasteiger partial charge in [-0.3, -0.25) is 9.89 Å². The van der Waals surface area contributed by atoms with Gasteiger partial charge >= 0.3 is 6.18 Å². The summed E-state index contributed by atoms with van der Waals surface area (Å²) in [5.74, 6) is -0.880. The summed E-state index contributed by atoms with van der Waals surface area (Å²) in [4.78, 5) is 17.9. The number of aromatic amines is 1. The number of anilines is 2. The van der Waals surface area contributed by atoms with E-state index in [1.807, 2.05) is 11.0 Å². The zero-order valence-electron chi connectivity index (χ0n) is 15.1. The standard InChI is InChI=1S/C18H17F3N6O2/c19-18(20,21)17(29)8-13(28)24-16-14(17)15(25-26-16)10-4-6-27(7-5-10)12-3-1-2-11(9-22)23-12/h1-3,10,29H,4-8H2,(H2,24,25,26,28). The number of carbonyl (C=O) groups is 1. The van der Waals surface area contributed by atoms with Gasteiger partial charge in [-0.1, -0.05) is 6.07 Å². The molecule has 0 bridgehead atoms. The second-order valence-electron chi connectivity index (χ2n) is 7.20. The van der Waals surface area contributed by atoms with Crippen LogP contribution >= 0.6 is 0 Å². The molecule has 2 aliphatic heterocycles. The molecule has 11 heteroatoms. The van der Waals surface area contributed by atoms with E-state index in [0.717, 1.165) is 0 Å². The first-order chi connectivity index (χ1) is 13.7. The Bertz CT molecular complexity index is 990. The lowest BCUT2D eigenvalue weighted by molar-refractivity contribution is -0.267. The minimum Gasteiger partial charge on any atom is -0.376 e. The largest absolute Gasteiger partial charge is 0.422 e. The third-order valence-electron chi connectivity index (χ3n) is 5.43. The lowest BCUT2D eigenvalue weighted by atomic mass is 9.81. The van der Waals surface area contributed by atoms with Crippen molar-refractivity contribution in [1.29, 1.82) is 5.26 Å². The number of hydrogen-bond donors (Lipinski definition) is 3. The molecule has 8 nitrogen and oxygen atoms in total. The number of rotatable bonds is 2. The summed E-state index contributed by atoms with van der Waals surface area (Å²) in [6.07, 6.45) is -5.12. The van der Waals surface area contributed by atoms with Crippen LogP contribution < -0.4 is 10.2 Å². The maximum atomic E-state index is 13.6. The predicted molar refractivity (Wildman–Crippen MR) is 94.9 cm³/mol. The zero-order chi connectivity index (χ0) is 20.8. The molecule has 0 spiro atoms. The molecule has 0 radical (unpaired) electrons. The summed E-state index contributed by atoms with van der Waals surface area (Å²) >= 11 is 0. The molecule has 152 valence electrons. The lowest BCUT2D eigenvalue weighted by Gasteiger charge is -2.37. The smallest absolute Gasteiger partial charge is 0.376 e.